The second kappa shape index (κ2) is 8.34. The van der Waals surface area contributed by atoms with Crippen LogP contribution in [-0.2, 0) is 14.4 Å². The third-order valence-corrected chi connectivity index (χ3v) is 7.34. The minimum atomic E-state index is -1.01. The highest BCUT2D eigenvalue weighted by molar-refractivity contribution is 6.33. The quantitative estimate of drug-likeness (QED) is 0.257. The van der Waals surface area contributed by atoms with Gasteiger partial charge in [-0.15, -0.1) is 0 Å². The number of nitrogens with zero attached hydrogens (tertiary/aromatic N) is 3. The molecule has 2 aliphatic rings. The zero-order valence-corrected chi connectivity index (χ0v) is 20.1. The topological polar surface area (TPSA) is 62.7 Å². The maximum atomic E-state index is 13.9. The molecule has 174 valence electrons. The van der Waals surface area contributed by atoms with Crippen LogP contribution >= 0.6 is 23.2 Å². The van der Waals surface area contributed by atoms with Crippen molar-refractivity contribution in [2.45, 2.75) is 19.1 Å². The number of halogens is 2. The van der Waals surface area contributed by atoms with Gasteiger partial charge in [0, 0.05) is 16.0 Å². The standard InChI is InChI=1S/C27H19Cl2N3O3/c1-15-19(28)11-7-13-21(15)31-26(33)22-23(18-14-16-8-5-6-12-20(16)30-25(18)29)32(35-24(22)27(31)34)17-9-3-2-4-10-17/h2-14,22-24H,1H3/t22-,23+,24+/m1/s1. The molecular formula is C27H19Cl2N3O3. The highest BCUT2D eigenvalue weighted by Crippen LogP contribution is 2.49. The number of benzene rings is 3. The molecule has 4 aromatic rings. The molecular weight excluding hydrogens is 485 g/mol. The number of amides is 2. The van der Waals surface area contributed by atoms with Crippen LogP contribution in [0.4, 0.5) is 11.4 Å². The number of anilines is 2. The molecule has 3 atom stereocenters. The monoisotopic (exact) mass is 503 g/mol. The van der Waals surface area contributed by atoms with E-state index >= 15 is 0 Å². The zero-order valence-electron chi connectivity index (χ0n) is 18.6. The average molecular weight is 504 g/mol. The van der Waals surface area contributed by atoms with E-state index < -0.39 is 24.0 Å². The Labute approximate surface area is 211 Å². The van der Waals surface area contributed by atoms with Crippen LogP contribution < -0.4 is 9.96 Å². The van der Waals surface area contributed by atoms with Crippen LogP contribution in [0.3, 0.4) is 0 Å². The molecule has 35 heavy (non-hydrogen) atoms. The molecule has 2 fully saturated rings. The van der Waals surface area contributed by atoms with Gasteiger partial charge in [0.2, 0.25) is 5.91 Å². The fourth-order valence-electron chi connectivity index (χ4n) is 4.92. The van der Waals surface area contributed by atoms with Gasteiger partial charge in [-0.2, -0.15) is 0 Å². The predicted octanol–water partition coefficient (Wildman–Crippen LogP) is 5.90. The van der Waals surface area contributed by atoms with Crippen molar-refractivity contribution < 1.29 is 14.4 Å². The van der Waals surface area contributed by atoms with Crippen LogP contribution in [0.5, 0.6) is 0 Å². The van der Waals surface area contributed by atoms with E-state index in [9.17, 15) is 9.59 Å². The first kappa shape index (κ1) is 22.0. The molecule has 2 amide bonds. The first-order chi connectivity index (χ1) is 17.0. The van der Waals surface area contributed by atoms with E-state index in [0.717, 1.165) is 10.9 Å². The number of imide groups is 1. The number of carbonyl (C=O) groups excluding carboxylic acids is 2. The molecule has 0 bridgehead atoms. The molecule has 1 aromatic heterocycles. The van der Waals surface area contributed by atoms with E-state index in [1.807, 2.05) is 60.7 Å². The summed E-state index contributed by atoms with van der Waals surface area (Å²) in [5.74, 6) is -1.61. The Morgan fingerprint density at radius 1 is 0.886 bits per heavy atom. The molecule has 6 nitrogen and oxygen atoms in total. The van der Waals surface area contributed by atoms with Gasteiger partial charge in [-0.25, -0.2) is 14.9 Å². The summed E-state index contributed by atoms with van der Waals surface area (Å²) in [4.78, 5) is 39.4. The predicted molar refractivity (Wildman–Crippen MR) is 135 cm³/mol. The van der Waals surface area contributed by atoms with Crippen LogP contribution in [0.25, 0.3) is 10.9 Å². The number of aromatic nitrogens is 1. The molecule has 0 radical (unpaired) electrons. The summed E-state index contributed by atoms with van der Waals surface area (Å²) in [6, 6.07) is 23.4. The first-order valence-electron chi connectivity index (χ1n) is 11.1. The van der Waals surface area contributed by atoms with Crippen molar-refractivity contribution in [3.8, 4) is 0 Å². The van der Waals surface area contributed by atoms with Crippen molar-refractivity contribution in [3.63, 3.8) is 0 Å². The third-order valence-electron chi connectivity index (χ3n) is 6.63. The van der Waals surface area contributed by atoms with Crippen molar-refractivity contribution in [1.82, 2.24) is 4.98 Å². The summed E-state index contributed by atoms with van der Waals surface area (Å²) >= 11 is 13.0. The first-order valence-corrected chi connectivity index (χ1v) is 11.9. The second-order valence-corrected chi connectivity index (χ2v) is 9.38. The van der Waals surface area contributed by atoms with Crippen molar-refractivity contribution >= 4 is 57.3 Å². The van der Waals surface area contributed by atoms with Crippen molar-refractivity contribution in [1.29, 1.82) is 0 Å². The molecule has 3 heterocycles. The molecule has 3 aromatic carbocycles. The molecule has 0 spiro atoms. The Bertz CT molecular complexity index is 1490. The van der Waals surface area contributed by atoms with Gasteiger partial charge >= 0.3 is 0 Å². The molecule has 0 unspecified atom stereocenters. The summed E-state index contributed by atoms with van der Waals surface area (Å²) in [6.45, 7) is 1.78. The minimum Gasteiger partial charge on any atom is -0.273 e. The van der Waals surface area contributed by atoms with Gasteiger partial charge in [0.15, 0.2) is 6.10 Å². The lowest BCUT2D eigenvalue weighted by atomic mass is 9.90. The Hall–Kier alpha value is -3.45. The minimum absolute atomic E-state index is 0.261. The maximum Gasteiger partial charge on any atom is 0.266 e. The Morgan fingerprint density at radius 3 is 2.43 bits per heavy atom. The summed E-state index contributed by atoms with van der Waals surface area (Å²) in [5, 5.41) is 3.23. The number of hydroxylamine groups is 1. The summed E-state index contributed by atoms with van der Waals surface area (Å²) < 4.78 is 0. The fraction of sp³-hybridized carbons (Fsp3) is 0.148. The highest BCUT2D eigenvalue weighted by atomic mass is 35.5. The Morgan fingerprint density at radius 2 is 1.63 bits per heavy atom. The van der Waals surface area contributed by atoms with Gasteiger partial charge in [-0.1, -0.05) is 65.7 Å². The van der Waals surface area contributed by atoms with Crippen molar-refractivity contribution in [3.05, 3.63) is 100 Å². The number of hydrogen-bond acceptors (Lipinski definition) is 5. The number of rotatable bonds is 3. The van der Waals surface area contributed by atoms with Gasteiger partial charge in [-0.3, -0.25) is 14.4 Å². The van der Waals surface area contributed by atoms with Gasteiger partial charge < -0.3 is 0 Å². The Balaban J connectivity index is 1.51. The lowest BCUT2D eigenvalue weighted by molar-refractivity contribution is -0.126. The van der Waals surface area contributed by atoms with E-state index in [4.69, 9.17) is 28.0 Å². The van der Waals surface area contributed by atoms with E-state index in [0.29, 0.717) is 27.5 Å². The average Bonchev–Trinajstić information content (AvgIpc) is 3.37. The van der Waals surface area contributed by atoms with Gasteiger partial charge in [-0.05, 0) is 48.9 Å². The van der Waals surface area contributed by atoms with Crippen molar-refractivity contribution in [2.75, 3.05) is 9.96 Å². The third kappa shape index (κ3) is 3.40. The number of hydrogen-bond donors (Lipinski definition) is 0. The largest absolute Gasteiger partial charge is 0.273 e. The molecule has 2 aliphatic heterocycles. The van der Waals surface area contributed by atoms with Gasteiger partial charge in [0.1, 0.15) is 11.1 Å². The van der Waals surface area contributed by atoms with Gasteiger partial charge in [0.05, 0.1) is 22.9 Å². The zero-order chi connectivity index (χ0) is 24.3. The van der Waals surface area contributed by atoms with E-state index in [1.165, 1.54) is 4.90 Å². The van der Waals surface area contributed by atoms with Crippen molar-refractivity contribution in [2.24, 2.45) is 5.92 Å². The smallest absolute Gasteiger partial charge is 0.266 e. The summed E-state index contributed by atoms with van der Waals surface area (Å²) in [5.41, 5.74) is 3.18. The lowest BCUT2D eigenvalue weighted by Gasteiger charge is -2.29. The Kier molecular flexibility index (Phi) is 5.25. The van der Waals surface area contributed by atoms with E-state index in [1.54, 1.807) is 30.2 Å². The molecule has 0 aliphatic carbocycles. The van der Waals surface area contributed by atoms with Crippen LogP contribution in [0, 0.1) is 12.8 Å². The number of pyridine rings is 1. The number of carbonyl (C=O) groups is 2. The maximum absolute atomic E-state index is 13.9. The lowest BCUT2D eigenvalue weighted by Crippen LogP contribution is -2.37. The highest BCUT2D eigenvalue weighted by Gasteiger charge is 2.61. The van der Waals surface area contributed by atoms with Gasteiger partial charge in [0.25, 0.3) is 5.91 Å². The van der Waals surface area contributed by atoms with Crippen LogP contribution in [0.1, 0.15) is 17.2 Å². The van der Waals surface area contributed by atoms with Crippen LogP contribution in [0.15, 0.2) is 78.9 Å². The molecule has 0 saturated carbocycles. The summed E-state index contributed by atoms with van der Waals surface area (Å²) in [6.07, 6.45) is -1.01. The van der Waals surface area contributed by atoms with Crippen LogP contribution in [0.2, 0.25) is 10.2 Å². The molecule has 2 saturated heterocycles. The fourth-order valence-corrected chi connectivity index (χ4v) is 5.35. The van der Waals surface area contributed by atoms with Crippen LogP contribution in [-0.4, -0.2) is 22.9 Å². The molecule has 0 N–H and O–H groups in total. The SMILES string of the molecule is Cc1c(Cl)cccc1N1C(=O)[C@H]2[C@H](ON(c3ccccc3)[C@H]2c2cc3ccccc3nc2Cl)C1=O. The van der Waals surface area contributed by atoms with E-state index in [2.05, 4.69) is 4.98 Å². The molecule has 8 heteroatoms. The molecule has 6 rings (SSSR count). The number of para-hydroxylation sites is 2. The normalized spacial score (nSPS) is 21.7. The summed E-state index contributed by atoms with van der Waals surface area (Å²) in [7, 11) is 0. The second-order valence-electron chi connectivity index (χ2n) is 8.61. The number of fused-ring (bicyclic) bond motifs is 2. The van der Waals surface area contributed by atoms with E-state index in [-0.39, 0.29) is 11.1 Å².